The van der Waals surface area contributed by atoms with Gasteiger partial charge in [-0.15, -0.1) is 5.92 Å². The highest BCUT2D eigenvalue weighted by atomic mass is 32.1. The Morgan fingerprint density at radius 1 is 1.60 bits per heavy atom. The summed E-state index contributed by atoms with van der Waals surface area (Å²) < 4.78 is 0. The lowest BCUT2D eigenvalue weighted by molar-refractivity contribution is 1.40. The van der Waals surface area contributed by atoms with E-state index in [1.54, 1.807) is 0 Å². The Morgan fingerprint density at radius 2 is 2.40 bits per heavy atom. The molecule has 0 saturated carbocycles. The Bertz CT molecular complexity index is 258. The molecule has 0 N–H and O–H groups in total. The first-order chi connectivity index (χ1) is 4.83. The minimum Gasteiger partial charge on any atom is -0.102 e. The van der Waals surface area contributed by atoms with Gasteiger partial charge >= 0.3 is 0 Å². The van der Waals surface area contributed by atoms with Crippen molar-refractivity contribution in [2.24, 2.45) is 0 Å². The minimum absolute atomic E-state index is 0.840. The first kappa shape index (κ1) is 7.24. The summed E-state index contributed by atoms with van der Waals surface area (Å²) in [6, 6.07) is 0. The third kappa shape index (κ3) is 1.82. The summed E-state index contributed by atoms with van der Waals surface area (Å²) in [5.41, 5.74) is 1.12. The summed E-state index contributed by atoms with van der Waals surface area (Å²) in [5, 5.41) is 0. The zero-order chi connectivity index (χ0) is 7.40. The largest absolute Gasteiger partial charge is 0.102 e. The predicted molar refractivity (Wildman–Crippen MR) is 47.9 cm³/mol. The van der Waals surface area contributed by atoms with Crippen LogP contribution in [0, 0.1) is 11.8 Å². The standard InChI is InChI=1S/C9H8S/c1-2-4-8-5-3-6-9(10)7-8/h3,5-6H,7H2,1H3. The van der Waals surface area contributed by atoms with Gasteiger partial charge in [0.15, 0.2) is 0 Å². The summed E-state index contributed by atoms with van der Waals surface area (Å²) in [4.78, 5) is 0.972. The molecule has 0 aromatic rings. The molecule has 0 unspecified atom stereocenters. The smallest absolute Gasteiger partial charge is 0.0202 e. The van der Waals surface area contributed by atoms with Gasteiger partial charge in [0.25, 0.3) is 0 Å². The van der Waals surface area contributed by atoms with Crippen LogP contribution in [0.2, 0.25) is 0 Å². The van der Waals surface area contributed by atoms with Gasteiger partial charge in [-0.1, -0.05) is 30.3 Å². The number of hydrogen-bond donors (Lipinski definition) is 0. The highest BCUT2D eigenvalue weighted by molar-refractivity contribution is 7.80. The number of allylic oxidation sites excluding steroid dienone is 4. The Balaban J connectivity index is 2.77. The van der Waals surface area contributed by atoms with Gasteiger partial charge in [-0.25, -0.2) is 0 Å². The summed E-state index contributed by atoms with van der Waals surface area (Å²) in [7, 11) is 0. The first-order valence-electron chi connectivity index (χ1n) is 3.16. The SMILES string of the molecule is CC#CC1=CC=CC(=S)C1. The van der Waals surface area contributed by atoms with Crippen molar-refractivity contribution >= 4 is 17.1 Å². The van der Waals surface area contributed by atoms with Crippen LogP contribution in [0.4, 0.5) is 0 Å². The van der Waals surface area contributed by atoms with Crippen molar-refractivity contribution in [1.82, 2.24) is 0 Å². The van der Waals surface area contributed by atoms with Crippen LogP contribution >= 0.6 is 12.2 Å². The van der Waals surface area contributed by atoms with E-state index in [0.717, 1.165) is 16.9 Å². The molecule has 0 bridgehead atoms. The van der Waals surface area contributed by atoms with Gasteiger partial charge in [-0.2, -0.15) is 0 Å². The maximum atomic E-state index is 5.00. The third-order valence-electron chi connectivity index (χ3n) is 1.23. The molecule has 10 heavy (non-hydrogen) atoms. The molecule has 1 rings (SSSR count). The molecule has 0 saturated heterocycles. The van der Waals surface area contributed by atoms with Gasteiger partial charge in [0, 0.05) is 16.9 Å². The van der Waals surface area contributed by atoms with Crippen LogP contribution in [0.3, 0.4) is 0 Å². The molecule has 1 aliphatic rings. The van der Waals surface area contributed by atoms with Gasteiger partial charge in [0.1, 0.15) is 0 Å². The van der Waals surface area contributed by atoms with E-state index in [4.69, 9.17) is 12.2 Å². The monoisotopic (exact) mass is 148 g/mol. The second-order valence-electron chi connectivity index (χ2n) is 2.07. The van der Waals surface area contributed by atoms with Gasteiger partial charge in [0.05, 0.1) is 0 Å². The molecule has 50 valence electrons. The van der Waals surface area contributed by atoms with E-state index in [9.17, 15) is 0 Å². The van der Waals surface area contributed by atoms with Crippen LogP contribution in [0.25, 0.3) is 0 Å². The van der Waals surface area contributed by atoms with Crippen molar-refractivity contribution in [3.05, 3.63) is 23.8 Å². The van der Waals surface area contributed by atoms with Crippen LogP contribution in [0.5, 0.6) is 0 Å². The molecule has 0 spiro atoms. The second-order valence-corrected chi connectivity index (χ2v) is 2.59. The quantitative estimate of drug-likeness (QED) is 0.375. The van der Waals surface area contributed by atoms with Crippen molar-refractivity contribution in [2.45, 2.75) is 13.3 Å². The average molecular weight is 148 g/mol. The fourth-order valence-corrected chi connectivity index (χ4v) is 1.06. The summed E-state index contributed by atoms with van der Waals surface area (Å²) >= 11 is 5.00. The lowest BCUT2D eigenvalue weighted by atomic mass is 10.1. The van der Waals surface area contributed by atoms with E-state index in [1.165, 1.54) is 0 Å². The molecule has 0 radical (unpaired) electrons. The molecule has 0 amide bonds. The molecule has 0 aromatic heterocycles. The Kier molecular flexibility index (Phi) is 2.42. The van der Waals surface area contributed by atoms with E-state index in [1.807, 2.05) is 25.2 Å². The van der Waals surface area contributed by atoms with Crippen LogP contribution in [0.1, 0.15) is 13.3 Å². The summed E-state index contributed by atoms with van der Waals surface area (Å²) in [6.45, 7) is 1.84. The fourth-order valence-electron chi connectivity index (χ4n) is 0.824. The lowest BCUT2D eigenvalue weighted by Gasteiger charge is -2.00. The minimum atomic E-state index is 0.840. The molecule has 1 heteroatoms. The Labute approximate surface area is 66.6 Å². The van der Waals surface area contributed by atoms with E-state index in [0.29, 0.717) is 0 Å². The Morgan fingerprint density at radius 3 is 3.00 bits per heavy atom. The number of rotatable bonds is 0. The third-order valence-corrected chi connectivity index (χ3v) is 1.51. The molecule has 0 heterocycles. The zero-order valence-corrected chi connectivity index (χ0v) is 6.66. The average Bonchev–Trinajstić information content (AvgIpc) is 1.88. The lowest BCUT2D eigenvalue weighted by Crippen LogP contribution is -1.94. The summed E-state index contributed by atoms with van der Waals surface area (Å²) in [6.07, 6.45) is 6.74. The van der Waals surface area contributed by atoms with E-state index in [2.05, 4.69) is 11.8 Å². The van der Waals surface area contributed by atoms with Crippen molar-refractivity contribution in [2.75, 3.05) is 0 Å². The van der Waals surface area contributed by atoms with Crippen LogP contribution < -0.4 is 0 Å². The van der Waals surface area contributed by atoms with Gasteiger partial charge < -0.3 is 0 Å². The maximum absolute atomic E-state index is 5.00. The number of thiocarbonyl (C=S) groups is 1. The van der Waals surface area contributed by atoms with Crippen molar-refractivity contribution in [3.8, 4) is 11.8 Å². The van der Waals surface area contributed by atoms with E-state index >= 15 is 0 Å². The summed E-state index contributed by atoms with van der Waals surface area (Å²) in [5.74, 6) is 5.83. The normalized spacial score (nSPS) is 15.7. The highest BCUT2D eigenvalue weighted by Gasteiger charge is 1.99. The molecule has 0 aromatic carbocycles. The van der Waals surface area contributed by atoms with Crippen LogP contribution in [0.15, 0.2) is 23.8 Å². The number of hydrogen-bond acceptors (Lipinski definition) is 1. The van der Waals surface area contributed by atoms with Gasteiger partial charge in [-0.05, 0) is 13.0 Å². The van der Waals surface area contributed by atoms with Gasteiger partial charge in [-0.3, -0.25) is 0 Å². The first-order valence-corrected chi connectivity index (χ1v) is 3.56. The second kappa shape index (κ2) is 3.34. The molecule has 1 aliphatic carbocycles. The van der Waals surface area contributed by atoms with Crippen molar-refractivity contribution < 1.29 is 0 Å². The molecular weight excluding hydrogens is 140 g/mol. The van der Waals surface area contributed by atoms with Crippen LogP contribution in [-0.4, -0.2) is 4.86 Å². The van der Waals surface area contributed by atoms with Gasteiger partial charge in [0.2, 0.25) is 0 Å². The van der Waals surface area contributed by atoms with Crippen molar-refractivity contribution in [3.63, 3.8) is 0 Å². The topological polar surface area (TPSA) is 0 Å². The zero-order valence-electron chi connectivity index (χ0n) is 5.85. The maximum Gasteiger partial charge on any atom is 0.0202 e. The van der Waals surface area contributed by atoms with E-state index in [-0.39, 0.29) is 0 Å². The molecule has 0 fully saturated rings. The highest BCUT2D eigenvalue weighted by Crippen LogP contribution is 2.08. The Hall–Kier alpha value is -0.870. The van der Waals surface area contributed by atoms with Crippen LogP contribution in [-0.2, 0) is 0 Å². The molecule has 0 aliphatic heterocycles. The van der Waals surface area contributed by atoms with E-state index < -0.39 is 0 Å². The molecule has 0 atom stereocenters. The molecular formula is C9H8S. The molecule has 0 nitrogen and oxygen atoms in total. The predicted octanol–water partition coefficient (Wildman–Crippen LogP) is 2.27. The fraction of sp³-hybridized carbons (Fsp3) is 0.222. The van der Waals surface area contributed by atoms with Crippen molar-refractivity contribution in [1.29, 1.82) is 0 Å².